The smallest absolute Gasteiger partial charge is 0.338 e. The predicted molar refractivity (Wildman–Crippen MR) is 113 cm³/mol. The third kappa shape index (κ3) is 7.56. The standard InChI is InChI=1S/C24H34O5/c1-5-23(25)28-15-7-6-14-27-20-11-9-19(10-12-20)24(26)29-22-16-18(4)8-13-21(22)17(2)3/h5,9-12,17-18,21-22H,1,6-8,13-16H2,2-4H3/t18-,21+,22-/m1/s1. The second-order valence-corrected chi connectivity index (χ2v) is 8.22. The zero-order valence-corrected chi connectivity index (χ0v) is 17.9. The molecule has 0 bridgehead atoms. The molecular weight excluding hydrogens is 368 g/mol. The first-order valence-electron chi connectivity index (χ1n) is 10.6. The van der Waals surface area contributed by atoms with Crippen LogP contribution in [0.15, 0.2) is 36.9 Å². The molecule has 0 aromatic heterocycles. The summed E-state index contributed by atoms with van der Waals surface area (Å²) < 4.78 is 16.5. The molecule has 0 aliphatic heterocycles. The number of rotatable bonds is 10. The summed E-state index contributed by atoms with van der Waals surface area (Å²) in [5.41, 5.74) is 0.550. The number of carbonyl (C=O) groups is 2. The van der Waals surface area contributed by atoms with Crippen LogP contribution in [0.25, 0.3) is 0 Å². The van der Waals surface area contributed by atoms with Crippen LogP contribution >= 0.6 is 0 Å². The highest BCUT2D eigenvalue weighted by Gasteiger charge is 2.33. The summed E-state index contributed by atoms with van der Waals surface area (Å²) in [7, 11) is 0. The normalized spacial score (nSPS) is 21.4. The van der Waals surface area contributed by atoms with Gasteiger partial charge in [-0.05, 0) is 67.7 Å². The minimum Gasteiger partial charge on any atom is -0.494 e. The molecule has 1 aromatic rings. The summed E-state index contributed by atoms with van der Waals surface area (Å²) in [6.45, 7) is 10.9. The predicted octanol–water partition coefficient (Wildman–Crippen LogP) is 5.19. The quantitative estimate of drug-likeness (QED) is 0.306. The summed E-state index contributed by atoms with van der Waals surface area (Å²) in [5, 5.41) is 0. The van der Waals surface area contributed by atoms with Gasteiger partial charge in [0.05, 0.1) is 18.8 Å². The van der Waals surface area contributed by atoms with Crippen LogP contribution in [0, 0.1) is 17.8 Å². The molecule has 0 N–H and O–H groups in total. The van der Waals surface area contributed by atoms with Gasteiger partial charge in [0.1, 0.15) is 11.9 Å². The first-order chi connectivity index (χ1) is 13.9. The van der Waals surface area contributed by atoms with Crippen LogP contribution in [0.5, 0.6) is 5.75 Å². The molecular formula is C24H34O5. The van der Waals surface area contributed by atoms with Crippen molar-refractivity contribution >= 4 is 11.9 Å². The SMILES string of the molecule is C=CC(=O)OCCCCOc1ccc(C(=O)O[C@@H]2C[C@H](C)CC[C@H]2C(C)C)cc1. The van der Waals surface area contributed by atoms with Crippen molar-refractivity contribution in [2.24, 2.45) is 17.8 Å². The summed E-state index contributed by atoms with van der Waals surface area (Å²) >= 11 is 0. The van der Waals surface area contributed by atoms with E-state index in [-0.39, 0.29) is 12.1 Å². The number of hydrogen-bond donors (Lipinski definition) is 0. The fraction of sp³-hybridized carbons (Fsp3) is 0.583. The maximum Gasteiger partial charge on any atom is 0.338 e. The van der Waals surface area contributed by atoms with E-state index in [1.165, 1.54) is 6.42 Å². The van der Waals surface area contributed by atoms with Crippen molar-refractivity contribution in [2.75, 3.05) is 13.2 Å². The van der Waals surface area contributed by atoms with E-state index >= 15 is 0 Å². The van der Waals surface area contributed by atoms with Crippen LogP contribution in [0.3, 0.4) is 0 Å². The van der Waals surface area contributed by atoms with Crippen LogP contribution in [0.2, 0.25) is 0 Å². The van der Waals surface area contributed by atoms with Crippen LogP contribution in [0.1, 0.15) is 63.2 Å². The molecule has 0 saturated heterocycles. The number of carbonyl (C=O) groups excluding carboxylic acids is 2. The minimum absolute atomic E-state index is 0.00244. The van der Waals surface area contributed by atoms with Gasteiger partial charge in [0.15, 0.2) is 0 Å². The van der Waals surface area contributed by atoms with E-state index < -0.39 is 5.97 Å². The summed E-state index contributed by atoms with van der Waals surface area (Å²) in [6, 6.07) is 7.08. The molecule has 0 spiro atoms. The lowest BCUT2D eigenvalue weighted by atomic mass is 9.75. The van der Waals surface area contributed by atoms with Crippen molar-refractivity contribution in [3.05, 3.63) is 42.5 Å². The second-order valence-electron chi connectivity index (χ2n) is 8.22. The lowest BCUT2D eigenvalue weighted by molar-refractivity contribution is -0.137. The molecule has 29 heavy (non-hydrogen) atoms. The zero-order valence-electron chi connectivity index (χ0n) is 17.9. The highest BCUT2D eigenvalue weighted by atomic mass is 16.5. The highest BCUT2D eigenvalue weighted by molar-refractivity contribution is 5.89. The first kappa shape index (κ1) is 23.0. The molecule has 1 aliphatic rings. The summed E-state index contributed by atoms with van der Waals surface area (Å²) in [4.78, 5) is 23.5. The lowest BCUT2D eigenvalue weighted by Crippen LogP contribution is -2.35. The molecule has 1 fully saturated rings. The molecule has 1 saturated carbocycles. The molecule has 1 aromatic carbocycles. The Morgan fingerprint density at radius 1 is 1.14 bits per heavy atom. The Labute approximate surface area is 174 Å². The maximum absolute atomic E-state index is 12.6. The van der Waals surface area contributed by atoms with E-state index in [2.05, 4.69) is 27.4 Å². The van der Waals surface area contributed by atoms with Crippen molar-refractivity contribution in [3.63, 3.8) is 0 Å². The number of ether oxygens (including phenoxy) is 3. The second kappa shape index (κ2) is 11.6. The molecule has 0 amide bonds. The Morgan fingerprint density at radius 3 is 2.48 bits per heavy atom. The molecule has 5 heteroatoms. The van der Waals surface area contributed by atoms with E-state index in [4.69, 9.17) is 14.2 Å². The number of unbranched alkanes of at least 4 members (excludes halogenated alkanes) is 1. The van der Waals surface area contributed by atoms with Crippen LogP contribution in [-0.2, 0) is 14.3 Å². The van der Waals surface area contributed by atoms with Gasteiger partial charge in [0.2, 0.25) is 0 Å². The fourth-order valence-electron chi connectivity index (χ4n) is 3.77. The Kier molecular flexibility index (Phi) is 9.23. The van der Waals surface area contributed by atoms with Gasteiger partial charge >= 0.3 is 11.9 Å². The Balaban J connectivity index is 1.77. The largest absolute Gasteiger partial charge is 0.494 e. The van der Waals surface area contributed by atoms with E-state index in [0.717, 1.165) is 31.8 Å². The van der Waals surface area contributed by atoms with Gasteiger partial charge in [0.25, 0.3) is 0 Å². The number of hydrogen-bond acceptors (Lipinski definition) is 5. The number of benzene rings is 1. The molecule has 1 aliphatic carbocycles. The maximum atomic E-state index is 12.6. The van der Waals surface area contributed by atoms with Crippen molar-refractivity contribution in [3.8, 4) is 5.75 Å². The lowest BCUT2D eigenvalue weighted by Gasteiger charge is -2.36. The van der Waals surface area contributed by atoms with Crippen LogP contribution in [-0.4, -0.2) is 31.3 Å². The van der Waals surface area contributed by atoms with Gasteiger partial charge in [-0.2, -0.15) is 0 Å². The summed E-state index contributed by atoms with van der Waals surface area (Å²) in [6.07, 6.45) is 5.91. The van der Waals surface area contributed by atoms with Crippen LogP contribution < -0.4 is 4.74 Å². The molecule has 2 rings (SSSR count). The average molecular weight is 403 g/mol. The van der Waals surface area contributed by atoms with Crippen molar-refractivity contribution in [1.82, 2.24) is 0 Å². The highest BCUT2D eigenvalue weighted by Crippen LogP contribution is 2.35. The van der Waals surface area contributed by atoms with E-state index in [9.17, 15) is 9.59 Å². The van der Waals surface area contributed by atoms with Gasteiger partial charge in [0, 0.05) is 6.08 Å². The number of esters is 2. The topological polar surface area (TPSA) is 61.8 Å². The zero-order chi connectivity index (χ0) is 21.2. The Bertz CT molecular complexity index is 664. The molecule has 0 heterocycles. The Morgan fingerprint density at radius 2 is 1.83 bits per heavy atom. The van der Waals surface area contributed by atoms with Crippen LogP contribution in [0.4, 0.5) is 0 Å². The molecule has 5 nitrogen and oxygen atoms in total. The van der Waals surface area contributed by atoms with Gasteiger partial charge in [-0.1, -0.05) is 33.8 Å². The molecule has 0 radical (unpaired) electrons. The first-order valence-corrected chi connectivity index (χ1v) is 10.6. The molecule has 160 valence electrons. The average Bonchev–Trinajstić information content (AvgIpc) is 2.70. The van der Waals surface area contributed by atoms with E-state index in [0.29, 0.717) is 42.3 Å². The molecule has 3 atom stereocenters. The minimum atomic E-state index is -0.407. The van der Waals surface area contributed by atoms with Gasteiger partial charge in [-0.3, -0.25) is 0 Å². The van der Waals surface area contributed by atoms with Gasteiger partial charge in [-0.15, -0.1) is 0 Å². The summed E-state index contributed by atoms with van der Waals surface area (Å²) in [5.74, 6) is 1.58. The fourth-order valence-corrected chi connectivity index (χ4v) is 3.77. The van der Waals surface area contributed by atoms with E-state index in [1.807, 2.05) is 0 Å². The Hall–Kier alpha value is -2.30. The monoisotopic (exact) mass is 402 g/mol. The van der Waals surface area contributed by atoms with Crippen molar-refractivity contribution in [1.29, 1.82) is 0 Å². The third-order valence-corrected chi connectivity index (χ3v) is 5.53. The van der Waals surface area contributed by atoms with Gasteiger partial charge in [-0.25, -0.2) is 9.59 Å². The van der Waals surface area contributed by atoms with E-state index in [1.54, 1.807) is 24.3 Å². The molecule has 0 unspecified atom stereocenters. The van der Waals surface area contributed by atoms with Crippen molar-refractivity contribution in [2.45, 2.75) is 59.0 Å². The van der Waals surface area contributed by atoms with Gasteiger partial charge < -0.3 is 14.2 Å². The third-order valence-electron chi connectivity index (χ3n) is 5.53. The van der Waals surface area contributed by atoms with Crippen molar-refractivity contribution < 1.29 is 23.8 Å².